The molecule has 0 saturated heterocycles. The van der Waals surface area contributed by atoms with Crippen LogP contribution >= 0.6 is 0 Å². The molecule has 0 aromatic rings. The van der Waals surface area contributed by atoms with Gasteiger partial charge in [0.05, 0.1) is 0 Å². The molecule has 0 aliphatic carbocycles. The van der Waals surface area contributed by atoms with Crippen LogP contribution in [0.5, 0.6) is 0 Å². The van der Waals surface area contributed by atoms with Crippen molar-refractivity contribution in [2.45, 2.75) is 59.3 Å². The fourth-order valence-corrected chi connectivity index (χ4v) is 1.48. The minimum atomic E-state index is -3.67. The van der Waals surface area contributed by atoms with Gasteiger partial charge in [0.15, 0.2) is 0 Å². The Balaban J connectivity index is 0. The van der Waals surface area contributed by atoms with Crippen molar-refractivity contribution in [1.82, 2.24) is 4.90 Å². The second kappa shape index (κ2) is 15.8. The molecule has 104 valence electrons. The summed E-state index contributed by atoms with van der Waals surface area (Å²) in [6.07, 6.45) is 8.09. The highest BCUT2D eigenvalue weighted by atomic mass is 19.4. The second-order valence-corrected chi connectivity index (χ2v) is 4.15. The highest BCUT2D eigenvalue weighted by molar-refractivity contribution is 6.33. The molecule has 0 saturated carbocycles. The van der Waals surface area contributed by atoms with E-state index in [1.807, 2.05) is 0 Å². The van der Waals surface area contributed by atoms with Gasteiger partial charge in [-0.05, 0) is 38.9 Å². The van der Waals surface area contributed by atoms with Crippen molar-refractivity contribution >= 4 is 7.54 Å². The van der Waals surface area contributed by atoms with Gasteiger partial charge in [0.25, 0.3) is 0 Å². The fourth-order valence-electron chi connectivity index (χ4n) is 1.48. The summed E-state index contributed by atoms with van der Waals surface area (Å²) >= 11 is 0. The number of rotatable bonds is 9. The standard InChI is InChI=1S/C12H27N.BF3/c1-4-7-10-13(11-8-5-2)12-9-6-3;2-1(3)4/h4-12H2,1-3H3;. The van der Waals surface area contributed by atoms with Crippen molar-refractivity contribution in [3.63, 3.8) is 0 Å². The Morgan fingerprint density at radius 1 is 0.706 bits per heavy atom. The van der Waals surface area contributed by atoms with E-state index in [0.717, 1.165) is 0 Å². The van der Waals surface area contributed by atoms with Crippen molar-refractivity contribution in [2.24, 2.45) is 0 Å². The average molecular weight is 253 g/mol. The fraction of sp³-hybridized carbons (Fsp3) is 1.00. The van der Waals surface area contributed by atoms with E-state index in [9.17, 15) is 12.9 Å². The van der Waals surface area contributed by atoms with Crippen molar-refractivity contribution < 1.29 is 12.9 Å². The Morgan fingerprint density at radius 3 is 1.12 bits per heavy atom. The van der Waals surface area contributed by atoms with E-state index in [1.165, 1.54) is 58.2 Å². The third-order valence-electron chi connectivity index (χ3n) is 2.48. The summed E-state index contributed by atoms with van der Waals surface area (Å²) in [6, 6.07) is 0. The van der Waals surface area contributed by atoms with E-state index in [2.05, 4.69) is 25.7 Å². The summed E-state index contributed by atoms with van der Waals surface area (Å²) in [5.74, 6) is 0. The van der Waals surface area contributed by atoms with E-state index in [-0.39, 0.29) is 0 Å². The number of nitrogens with zero attached hydrogens (tertiary/aromatic N) is 1. The van der Waals surface area contributed by atoms with Gasteiger partial charge in [-0.15, -0.1) is 0 Å². The van der Waals surface area contributed by atoms with Gasteiger partial charge in [-0.25, -0.2) is 0 Å². The molecule has 0 N–H and O–H groups in total. The summed E-state index contributed by atoms with van der Waals surface area (Å²) in [6.45, 7) is 10.8. The Hall–Kier alpha value is -0.185. The van der Waals surface area contributed by atoms with Crippen molar-refractivity contribution in [3.05, 3.63) is 0 Å². The van der Waals surface area contributed by atoms with Gasteiger partial charge >= 0.3 is 7.54 Å². The van der Waals surface area contributed by atoms with Crippen molar-refractivity contribution in [2.75, 3.05) is 19.6 Å². The van der Waals surface area contributed by atoms with Crippen LogP contribution in [-0.2, 0) is 0 Å². The highest BCUT2D eigenvalue weighted by Crippen LogP contribution is 2.01. The summed E-state index contributed by atoms with van der Waals surface area (Å²) in [5, 5.41) is 0. The van der Waals surface area contributed by atoms with Crippen LogP contribution in [0.2, 0.25) is 0 Å². The van der Waals surface area contributed by atoms with E-state index in [1.54, 1.807) is 0 Å². The molecule has 0 aliphatic heterocycles. The Bertz CT molecular complexity index is 115. The second-order valence-electron chi connectivity index (χ2n) is 4.15. The predicted octanol–water partition coefficient (Wildman–Crippen LogP) is 4.57. The van der Waals surface area contributed by atoms with Gasteiger partial charge in [-0.2, -0.15) is 0 Å². The number of halogens is 3. The van der Waals surface area contributed by atoms with E-state index < -0.39 is 7.54 Å². The van der Waals surface area contributed by atoms with Crippen molar-refractivity contribution in [3.8, 4) is 0 Å². The SMILES string of the molecule is CCCCN(CCCC)CCCC.FB(F)F. The van der Waals surface area contributed by atoms with Crippen LogP contribution in [0.4, 0.5) is 12.9 Å². The molecule has 0 spiro atoms. The molecule has 0 unspecified atom stereocenters. The van der Waals surface area contributed by atoms with Gasteiger partial charge in [0.1, 0.15) is 0 Å². The summed E-state index contributed by atoms with van der Waals surface area (Å²) < 4.78 is 29.0. The quantitative estimate of drug-likeness (QED) is 0.544. The number of hydrogen-bond donors (Lipinski definition) is 0. The topological polar surface area (TPSA) is 3.24 Å². The molecule has 0 heterocycles. The predicted molar refractivity (Wildman–Crippen MR) is 70.2 cm³/mol. The zero-order valence-electron chi connectivity index (χ0n) is 11.5. The maximum atomic E-state index is 9.67. The Labute approximate surface area is 105 Å². The van der Waals surface area contributed by atoms with E-state index >= 15 is 0 Å². The smallest absolute Gasteiger partial charge is 0.303 e. The van der Waals surface area contributed by atoms with Crippen LogP contribution in [0.25, 0.3) is 0 Å². The molecule has 0 aliphatic rings. The minimum absolute atomic E-state index is 1.32. The molecule has 0 bridgehead atoms. The summed E-state index contributed by atoms with van der Waals surface area (Å²) in [7, 11) is -3.67. The van der Waals surface area contributed by atoms with Crippen LogP contribution in [0, 0.1) is 0 Å². The van der Waals surface area contributed by atoms with Gasteiger partial charge in [-0.1, -0.05) is 40.0 Å². The molecule has 0 amide bonds. The van der Waals surface area contributed by atoms with Gasteiger partial charge in [0.2, 0.25) is 0 Å². The van der Waals surface area contributed by atoms with Crippen LogP contribution in [0.3, 0.4) is 0 Å². The monoisotopic (exact) mass is 253 g/mol. The zero-order valence-corrected chi connectivity index (χ0v) is 11.5. The summed E-state index contributed by atoms with van der Waals surface area (Å²) in [5.41, 5.74) is 0. The van der Waals surface area contributed by atoms with Crippen molar-refractivity contribution in [1.29, 1.82) is 0 Å². The van der Waals surface area contributed by atoms with Gasteiger partial charge < -0.3 is 4.90 Å². The third kappa shape index (κ3) is 21.6. The molecule has 0 rings (SSSR count). The lowest BCUT2D eigenvalue weighted by atomic mass is 10.2. The minimum Gasteiger partial charge on any atom is -0.303 e. The normalized spacial score (nSPS) is 10.1. The Morgan fingerprint density at radius 2 is 0.941 bits per heavy atom. The molecule has 0 fully saturated rings. The first-order valence-corrected chi connectivity index (χ1v) is 6.72. The first-order valence-electron chi connectivity index (χ1n) is 6.72. The molecule has 1 nitrogen and oxygen atoms in total. The lowest BCUT2D eigenvalue weighted by molar-refractivity contribution is 0.261. The van der Waals surface area contributed by atoms with Crippen LogP contribution in [-0.4, -0.2) is 32.1 Å². The molecule has 0 aromatic heterocycles. The largest absolute Gasteiger partial charge is 0.762 e. The lowest BCUT2D eigenvalue weighted by Gasteiger charge is -2.21. The first kappa shape index (κ1) is 19.2. The van der Waals surface area contributed by atoms with Gasteiger partial charge in [-0.3, -0.25) is 12.9 Å². The zero-order chi connectivity index (χ0) is 13.5. The van der Waals surface area contributed by atoms with Crippen LogP contribution < -0.4 is 0 Å². The molecule has 0 aromatic carbocycles. The first-order chi connectivity index (χ1) is 8.08. The van der Waals surface area contributed by atoms with Gasteiger partial charge in [0, 0.05) is 0 Å². The van der Waals surface area contributed by atoms with E-state index in [4.69, 9.17) is 0 Å². The maximum Gasteiger partial charge on any atom is 0.762 e. The number of hydrogen-bond acceptors (Lipinski definition) is 1. The van der Waals surface area contributed by atoms with Crippen LogP contribution in [0.15, 0.2) is 0 Å². The highest BCUT2D eigenvalue weighted by Gasteiger charge is 2.06. The Kier molecular flexibility index (Phi) is 17.8. The number of unbranched alkanes of at least 4 members (excludes halogenated alkanes) is 3. The summed E-state index contributed by atoms with van der Waals surface area (Å²) in [4.78, 5) is 2.64. The van der Waals surface area contributed by atoms with Crippen LogP contribution in [0.1, 0.15) is 59.3 Å². The molecular weight excluding hydrogens is 226 g/mol. The molecule has 0 radical (unpaired) electrons. The molecule has 0 atom stereocenters. The molecule has 5 heteroatoms. The average Bonchev–Trinajstić information content (AvgIpc) is 2.27. The van der Waals surface area contributed by atoms with E-state index in [0.29, 0.717) is 0 Å². The maximum absolute atomic E-state index is 9.67. The third-order valence-corrected chi connectivity index (χ3v) is 2.48. The molecule has 17 heavy (non-hydrogen) atoms. The molecular formula is C12H27BF3N. The lowest BCUT2D eigenvalue weighted by Crippen LogP contribution is -2.27.